The van der Waals surface area contributed by atoms with Crippen LogP contribution in [0.15, 0.2) is 35.2 Å². The summed E-state index contributed by atoms with van der Waals surface area (Å²) < 4.78 is 26.8. The summed E-state index contributed by atoms with van der Waals surface area (Å²) in [6.45, 7) is -0.493. The number of amides is 3. The van der Waals surface area contributed by atoms with Gasteiger partial charge in [0.2, 0.25) is 21.8 Å². The number of hydroxylamine groups is 1. The number of hydrogen-bond donors (Lipinski definition) is 5. The van der Waals surface area contributed by atoms with Crippen LogP contribution in [-0.4, -0.2) is 78.9 Å². The topological polar surface area (TPSA) is 171 Å². The molecule has 1 aromatic carbocycles. The average molecular weight is 474 g/mol. The molecule has 0 bridgehead atoms. The maximum absolute atomic E-state index is 13.0. The predicted octanol–water partition coefficient (Wildman–Crippen LogP) is -1.36. The number of hydrogen-bond acceptors (Lipinski definition) is 8. The molecule has 3 amide bonds. The van der Waals surface area contributed by atoms with Gasteiger partial charge in [-0.1, -0.05) is 18.2 Å². The molecule has 0 spiro atoms. The lowest BCUT2D eigenvalue weighted by Crippen LogP contribution is -2.47. The summed E-state index contributed by atoms with van der Waals surface area (Å²) in [5, 5.41) is 14.1. The Labute approximate surface area is 185 Å². The number of nitrogens with zero attached hydrogens (tertiary/aromatic N) is 1. The van der Waals surface area contributed by atoms with Crippen LogP contribution in [0.1, 0.15) is 12.8 Å². The molecule has 3 atom stereocenters. The van der Waals surface area contributed by atoms with E-state index in [0.29, 0.717) is 12.2 Å². The van der Waals surface area contributed by atoms with Gasteiger partial charge in [0.1, 0.15) is 6.04 Å². The van der Waals surface area contributed by atoms with Gasteiger partial charge in [0, 0.05) is 12.6 Å². The molecule has 0 radical (unpaired) electrons. The molecule has 0 aromatic heterocycles. The zero-order valence-corrected chi connectivity index (χ0v) is 18.6. The molecule has 1 aromatic rings. The monoisotopic (exact) mass is 473 g/mol. The largest absolute Gasteiger partial charge is 0.350 e. The molecule has 2 rings (SSSR count). The standard InChI is InChI=1S/C18H27N5O6S2/c1-30-8-7-14(19)17(25)20-10-16(24)21-12-9-15(18(26)22-27)23(11-12)31(28,29)13-5-3-2-4-6-13/h2-6,12,14-15,27H,7-11,19H2,1H3,(H,20,25)(H,21,24)(H,22,26)/t12-,14-,15-/m0/s1. The summed E-state index contributed by atoms with van der Waals surface area (Å²) in [5.41, 5.74) is 7.22. The SMILES string of the molecule is CSCC[C@H](N)C(=O)NCC(=O)N[C@H]1C[C@@H](C(=O)NO)N(S(=O)(=O)c2ccccc2)C1. The highest BCUT2D eigenvalue weighted by Crippen LogP contribution is 2.26. The van der Waals surface area contributed by atoms with Crippen molar-refractivity contribution in [1.29, 1.82) is 0 Å². The van der Waals surface area contributed by atoms with Gasteiger partial charge in [0.15, 0.2) is 0 Å². The van der Waals surface area contributed by atoms with Crippen LogP contribution in [0.4, 0.5) is 0 Å². The number of sulfonamides is 1. The van der Waals surface area contributed by atoms with Crippen molar-refractivity contribution in [2.45, 2.75) is 35.9 Å². The van der Waals surface area contributed by atoms with E-state index in [-0.39, 0.29) is 24.4 Å². The van der Waals surface area contributed by atoms with Crippen LogP contribution in [0.25, 0.3) is 0 Å². The molecule has 0 unspecified atom stereocenters. The van der Waals surface area contributed by atoms with Crippen LogP contribution in [0.3, 0.4) is 0 Å². The van der Waals surface area contributed by atoms with Crippen molar-refractivity contribution in [2.75, 3.05) is 25.1 Å². The van der Waals surface area contributed by atoms with E-state index in [1.807, 2.05) is 6.26 Å². The highest BCUT2D eigenvalue weighted by molar-refractivity contribution is 7.98. The van der Waals surface area contributed by atoms with E-state index in [1.165, 1.54) is 17.6 Å². The minimum absolute atomic E-state index is 0.00999. The molecule has 1 aliphatic rings. The van der Waals surface area contributed by atoms with Crippen molar-refractivity contribution in [1.82, 2.24) is 20.4 Å². The van der Waals surface area contributed by atoms with E-state index in [0.717, 1.165) is 4.31 Å². The van der Waals surface area contributed by atoms with Crippen LogP contribution in [0.5, 0.6) is 0 Å². The van der Waals surface area contributed by atoms with Crippen molar-refractivity contribution in [3.05, 3.63) is 30.3 Å². The molecular weight excluding hydrogens is 446 g/mol. The quantitative estimate of drug-likeness (QED) is 0.205. The summed E-state index contributed by atoms with van der Waals surface area (Å²) in [5.74, 6) is -1.19. The van der Waals surface area contributed by atoms with E-state index >= 15 is 0 Å². The smallest absolute Gasteiger partial charge is 0.261 e. The molecule has 31 heavy (non-hydrogen) atoms. The molecule has 1 heterocycles. The first-order valence-electron chi connectivity index (χ1n) is 9.53. The number of nitrogens with two attached hydrogens (primary N) is 1. The number of carbonyl (C=O) groups is 3. The Bertz CT molecular complexity index is 883. The molecule has 0 aliphatic carbocycles. The maximum atomic E-state index is 13.0. The number of rotatable bonds is 10. The first kappa shape index (κ1) is 25.1. The molecule has 172 valence electrons. The lowest BCUT2D eigenvalue weighted by Gasteiger charge is -2.22. The maximum Gasteiger partial charge on any atom is 0.261 e. The second-order valence-electron chi connectivity index (χ2n) is 6.99. The van der Waals surface area contributed by atoms with Gasteiger partial charge >= 0.3 is 0 Å². The normalized spacial score (nSPS) is 20.1. The fourth-order valence-electron chi connectivity index (χ4n) is 3.17. The minimum atomic E-state index is -4.04. The Morgan fingerprint density at radius 2 is 1.97 bits per heavy atom. The van der Waals surface area contributed by atoms with E-state index in [1.54, 1.807) is 30.0 Å². The van der Waals surface area contributed by atoms with Gasteiger partial charge in [0.25, 0.3) is 5.91 Å². The van der Waals surface area contributed by atoms with Gasteiger partial charge < -0.3 is 16.4 Å². The van der Waals surface area contributed by atoms with Crippen LogP contribution < -0.4 is 21.8 Å². The first-order valence-corrected chi connectivity index (χ1v) is 12.4. The Kier molecular flexibility index (Phi) is 9.25. The molecular formula is C18H27N5O6S2. The minimum Gasteiger partial charge on any atom is -0.350 e. The molecule has 13 heteroatoms. The van der Waals surface area contributed by atoms with Gasteiger partial charge in [-0.3, -0.25) is 19.6 Å². The summed E-state index contributed by atoms with van der Waals surface area (Å²) >= 11 is 1.55. The Morgan fingerprint density at radius 1 is 1.29 bits per heavy atom. The van der Waals surface area contributed by atoms with Gasteiger partial charge in [-0.15, -0.1) is 0 Å². The van der Waals surface area contributed by atoms with Crippen molar-refractivity contribution in [3.8, 4) is 0 Å². The highest BCUT2D eigenvalue weighted by atomic mass is 32.2. The van der Waals surface area contributed by atoms with Crippen LogP contribution in [-0.2, 0) is 24.4 Å². The van der Waals surface area contributed by atoms with Crippen molar-refractivity contribution in [2.24, 2.45) is 5.73 Å². The lowest BCUT2D eigenvalue weighted by atomic mass is 10.1. The summed E-state index contributed by atoms with van der Waals surface area (Å²) in [6.07, 6.45) is 2.33. The summed E-state index contributed by atoms with van der Waals surface area (Å²) in [4.78, 5) is 36.2. The van der Waals surface area contributed by atoms with Gasteiger partial charge in [-0.2, -0.15) is 16.1 Å². The van der Waals surface area contributed by atoms with E-state index < -0.39 is 45.9 Å². The average Bonchev–Trinajstić information content (AvgIpc) is 3.20. The third kappa shape index (κ3) is 6.64. The molecule has 11 nitrogen and oxygen atoms in total. The number of benzene rings is 1. The summed E-state index contributed by atoms with van der Waals surface area (Å²) in [7, 11) is -4.04. The lowest BCUT2D eigenvalue weighted by molar-refractivity contribution is -0.132. The van der Waals surface area contributed by atoms with Gasteiger partial charge in [-0.05, 0) is 37.0 Å². The first-order chi connectivity index (χ1) is 14.7. The number of thioether (sulfide) groups is 1. The zero-order valence-electron chi connectivity index (χ0n) is 17.0. The van der Waals surface area contributed by atoms with Crippen LogP contribution in [0, 0.1) is 0 Å². The van der Waals surface area contributed by atoms with E-state index in [9.17, 15) is 22.8 Å². The van der Waals surface area contributed by atoms with Crippen molar-refractivity contribution < 1.29 is 28.0 Å². The zero-order chi connectivity index (χ0) is 23.0. The Morgan fingerprint density at radius 3 is 2.58 bits per heavy atom. The molecule has 1 fully saturated rings. The summed E-state index contributed by atoms with van der Waals surface area (Å²) in [6, 6.07) is 4.94. The van der Waals surface area contributed by atoms with Gasteiger partial charge in [0.05, 0.1) is 17.5 Å². The third-order valence-electron chi connectivity index (χ3n) is 4.78. The Hall–Kier alpha value is -2.19. The number of nitrogens with one attached hydrogen (secondary N) is 3. The van der Waals surface area contributed by atoms with Crippen LogP contribution >= 0.6 is 11.8 Å². The predicted molar refractivity (Wildman–Crippen MR) is 115 cm³/mol. The molecule has 1 aliphatic heterocycles. The molecule has 0 saturated carbocycles. The second kappa shape index (κ2) is 11.4. The van der Waals surface area contributed by atoms with Crippen molar-refractivity contribution >= 4 is 39.5 Å². The van der Waals surface area contributed by atoms with Crippen molar-refractivity contribution in [3.63, 3.8) is 0 Å². The fraction of sp³-hybridized carbons (Fsp3) is 0.500. The molecule has 6 N–H and O–H groups in total. The third-order valence-corrected chi connectivity index (χ3v) is 7.31. The second-order valence-corrected chi connectivity index (χ2v) is 9.86. The highest BCUT2D eigenvalue weighted by Gasteiger charge is 2.44. The fourth-order valence-corrected chi connectivity index (χ4v) is 5.32. The molecule has 1 saturated heterocycles. The van der Waals surface area contributed by atoms with E-state index in [2.05, 4.69) is 10.6 Å². The van der Waals surface area contributed by atoms with E-state index in [4.69, 9.17) is 10.9 Å². The van der Waals surface area contributed by atoms with Crippen LogP contribution in [0.2, 0.25) is 0 Å². The Balaban J connectivity index is 2.01. The van der Waals surface area contributed by atoms with Gasteiger partial charge in [-0.25, -0.2) is 13.9 Å². The number of carbonyl (C=O) groups excluding carboxylic acids is 3.